The summed E-state index contributed by atoms with van der Waals surface area (Å²) in [5.74, 6) is 0.441. The predicted molar refractivity (Wildman–Crippen MR) is 78.3 cm³/mol. The van der Waals surface area contributed by atoms with Crippen LogP contribution in [0.25, 0.3) is 10.8 Å². The number of nitrogens with zero attached hydrogens (tertiary/aromatic N) is 3. The summed E-state index contributed by atoms with van der Waals surface area (Å²) in [6, 6.07) is 10.2. The molecule has 1 N–H and O–H groups in total. The van der Waals surface area contributed by atoms with Gasteiger partial charge in [-0.2, -0.15) is 5.10 Å². The van der Waals surface area contributed by atoms with Crippen molar-refractivity contribution in [2.24, 2.45) is 0 Å². The Morgan fingerprint density at radius 1 is 1.19 bits per heavy atom. The van der Waals surface area contributed by atoms with E-state index < -0.39 is 6.10 Å². The number of aliphatic hydroxyl groups is 1. The molecule has 0 radical (unpaired) electrons. The second-order valence-electron chi connectivity index (χ2n) is 4.89. The van der Waals surface area contributed by atoms with Gasteiger partial charge in [0, 0.05) is 18.4 Å². The van der Waals surface area contributed by atoms with E-state index in [1.807, 2.05) is 19.1 Å². The van der Waals surface area contributed by atoms with Crippen LogP contribution in [0.1, 0.15) is 24.4 Å². The summed E-state index contributed by atoms with van der Waals surface area (Å²) in [6.07, 6.45) is 1.09. The topological polar surface area (TPSA) is 50.9 Å². The Kier molecular flexibility index (Phi) is 3.66. The third kappa shape index (κ3) is 2.52. The van der Waals surface area contributed by atoms with Gasteiger partial charge in [0.25, 0.3) is 0 Å². The second-order valence-corrected chi connectivity index (χ2v) is 4.89. The number of hydrogen-bond acceptors (Lipinski definition) is 3. The molecule has 0 amide bonds. The summed E-state index contributed by atoms with van der Waals surface area (Å²) in [4.78, 5) is 4.17. The Bertz CT molecular complexity index is 769. The summed E-state index contributed by atoms with van der Waals surface area (Å²) in [7, 11) is 0. The number of benzene rings is 2. The Morgan fingerprint density at radius 3 is 2.71 bits per heavy atom. The van der Waals surface area contributed by atoms with Gasteiger partial charge >= 0.3 is 0 Å². The molecule has 0 spiro atoms. The second kappa shape index (κ2) is 5.61. The lowest BCUT2D eigenvalue weighted by atomic mass is 9.98. The molecule has 4 nitrogen and oxygen atoms in total. The number of aliphatic hydroxyl groups excluding tert-OH is 1. The molecule has 0 aliphatic heterocycles. The zero-order chi connectivity index (χ0) is 14.8. The largest absolute Gasteiger partial charge is 0.388 e. The highest BCUT2D eigenvalue weighted by molar-refractivity contribution is 5.86. The molecular weight excluding hydrogens is 269 g/mol. The van der Waals surface area contributed by atoms with Gasteiger partial charge in [0.15, 0.2) is 0 Å². The monoisotopic (exact) mass is 285 g/mol. The molecule has 0 bridgehead atoms. The molecule has 0 saturated carbocycles. The molecule has 2 aromatic carbocycles. The Balaban J connectivity index is 1.99. The molecule has 1 heterocycles. The summed E-state index contributed by atoms with van der Waals surface area (Å²) in [5.41, 5.74) is 0.706. The summed E-state index contributed by atoms with van der Waals surface area (Å²) >= 11 is 0. The highest BCUT2D eigenvalue weighted by atomic mass is 19.1. The fourth-order valence-corrected chi connectivity index (χ4v) is 2.57. The molecule has 0 aliphatic rings. The number of rotatable bonds is 4. The van der Waals surface area contributed by atoms with E-state index in [-0.39, 0.29) is 5.82 Å². The van der Waals surface area contributed by atoms with Gasteiger partial charge in [0.1, 0.15) is 18.0 Å². The van der Waals surface area contributed by atoms with Crippen LogP contribution < -0.4 is 0 Å². The SMILES string of the molecule is CCn1ncnc1CC(O)c1ccc(F)c2ccccc12. The van der Waals surface area contributed by atoms with Crippen molar-refractivity contribution < 1.29 is 9.50 Å². The molecule has 1 unspecified atom stereocenters. The minimum atomic E-state index is -0.745. The van der Waals surface area contributed by atoms with Crippen molar-refractivity contribution >= 4 is 10.8 Å². The van der Waals surface area contributed by atoms with E-state index in [2.05, 4.69) is 10.1 Å². The van der Waals surface area contributed by atoms with Gasteiger partial charge in [-0.05, 0) is 23.9 Å². The first kappa shape index (κ1) is 13.7. The average Bonchev–Trinajstić information content (AvgIpc) is 2.95. The molecule has 0 saturated heterocycles. The Labute approximate surface area is 121 Å². The molecule has 108 valence electrons. The number of hydrogen-bond donors (Lipinski definition) is 1. The maximum absolute atomic E-state index is 13.8. The van der Waals surface area contributed by atoms with E-state index in [1.165, 1.54) is 12.4 Å². The molecule has 5 heteroatoms. The molecule has 1 aromatic heterocycles. The minimum Gasteiger partial charge on any atom is -0.388 e. The number of fused-ring (bicyclic) bond motifs is 1. The van der Waals surface area contributed by atoms with Crippen molar-refractivity contribution in [1.82, 2.24) is 14.8 Å². The molecule has 3 rings (SSSR count). The van der Waals surface area contributed by atoms with Crippen LogP contribution in [0.4, 0.5) is 4.39 Å². The first-order valence-corrected chi connectivity index (χ1v) is 6.92. The summed E-state index contributed by atoms with van der Waals surface area (Å²) in [5, 5.41) is 15.8. The molecule has 0 fully saturated rings. The van der Waals surface area contributed by atoms with E-state index in [0.29, 0.717) is 23.9 Å². The van der Waals surface area contributed by atoms with Crippen molar-refractivity contribution in [1.29, 1.82) is 0 Å². The lowest BCUT2D eigenvalue weighted by Crippen LogP contribution is -2.10. The van der Waals surface area contributed by atoms with Gasteiger partial charge in [0.05, 0.1) is 6.10 Å². The van der Waals surface area contributed by atoms with Crippen LogP contribution in [0.2, 0.25) is 0 Å². The summed E-state index contributed by atoms with van der Waals surface area (Å²) < 4.78 is 15.6. The van der Waals surface area contributed by atoms with Gasteiger partial charge in [0.2, 0.25) is 0 Å². The van der Waals surface area contributed by atoms with Gasteiger partial charge in [-0.1, -0.05) is 30.3 Å². The van der Waals surface area contributed by atoms with Crippen LogP contribution in [-0.4, -0.2) is 19.9 Å². The third-order valence-electron chi connectivity index (χ3n) is 3.63. The van der Waals surface area contributed by atoms with E-state index in [1.54, 1.807) is 22.9 Å². The first-order valence-electron chi connectivity index (χ1n) is 6.92. The van der Waals surface area contributed by atoms with Gasteiger partial charge in [-0.3, -0.25) is 4.68 Å². The van der Waals surface area contributed by atoms with Gasteiger partial charge in [-0.25, -0.2) is 9.37 Å². The van der Waals surface area contributed by atoms with Crippen LogP contribution >= 0.6 is 0 Å². The third-order valence-corrected chi connectivity index (χ3v) is 3.63. The first-order chi connectivity index (χ1) is 10.2. The van der Waals surface area contributed by atoms with Crippen molar-refractivity contribution in [3.8, 4) is 0 Å². The smallest absolute Gasteiger partial charge is 0.138 e. The molecular formula is C16H16FN3O. The van der Waals surface area contributed by atoms with Crippen LogP contribution in [0.15, 0.2) is 42.7 Å². The fraction of sp³-hybridized carbons (Fsp3) is 0.250. The number of aromatic nitrogens is 3. The molecule has 21 heavy (non-hydrogen) atoms. The predicted octanol–water partition coefficient (Wildman–Crippen LogP) is 2.87. The molecule has 3 aromatic rings. The highest BCUT2D eigenvalue weighted by Gasteiger charge is 2.16. The van der Waals surface area contributed by atoms with E-state index in [0.717, 1.165) is 11.2 Å². The number of halogens is 1. The Hall–Kier alpha value is -2.27. The van der Waals surface area contributed by atoms with Crippen LogP contribution in [0, 0.1) is 5.82 Å². The molecule has 0 aliphatic carbocycles. The zero-order valence-electron chi connectivity index (χ0n) is 11.7. The maximum atomic E-state index is 13.8. The van der Waals surface area contributed by atoms with Crippen molar-refractivity contribution in [3.05, 3.63) is 59.9 Å². The normalized spacial score (nSPS) is 12.7. The number of aryl methyl sites for hydroxylation is 1. The lowest BCUT2D eigenvalue weighted by molar-refractivity contribution is 0.175. The average molecular weight is 285 g/mol. The summed E-state index contributed by atoms with van der Waals surface area (Å²) in [6.45, 7) is 2.67. The van der Waals surface area contributed by atoms with Crippen LogP contribution in [0.3, 0.4) is 0 Å². The van der Waals surface area contributed by atoms with E-state index in [9.17, 15) is 9.50 Å². The van der Waals surface area contributed by atoms with Gasteiger partial charge < -0.3 is 5.11 Å². The zero-order valence-corrected chi connectivity index (χ0v) is 11.7. The Morgan fingerprint density at radius 2 is 1.95 bits per heavy atom. The van der Waals surface area contributed by atoms with Crippen molar-refractivity contribution in [2.45, 2.75) is 26.0 Å². The van der Waals surface area contributed by atoms with Crippen LogP contribution in [0.5, 0.6) is 0 Å². The van der Waals surface area contributed by atoms with E-state index in [4.69, 9.17) is 0 Å². The lowest BCUT2D eigenvalue weighted by Gasteiger charge is -2.14. The minimum absolute atomic E-state index is 0.279. The maximum Gasteiger partial charge on any atom is 0.138 e. The fourth-order valence-electron chi connectivity index (χ4n) is 2.57. The standard InChI is InChI=1S/C16H16FN3O/c1-2-20-16(18-10-19-20)9-15(21)13-7-8-14(17)12-6-4-3-5-11(12)13/h3-8,10,15,21H,2,9H2,1H3. The highest BCUT2D eigenvalue weighted by Crippen LogP contribution is 2.28. The van der Waals surface area contributed by atoms with Gasteiger partial charge in [-0.15, -0.1) is 0 Å². The van der Waals surface area contributed by atoms with Crippen molar-refractivity contribution in [3.63, 3.8) is 0 Å². The van der Waals surface area contributed by atoms with E-state index >= 15 is 0 Å². The quantitative estimate of drug-likeness (QED) is 0.802. The molecule has 1 atom stereocenters. The van der Waals surface area contributed by atoms with Crippen molar-refractivity contribution in [2.75, 3.05) is 0 Å². The van der Waals surface area contributed by atoms with Crippen LogP contribution in [-0.2, 0) is 13.0 Å².